The zero-order chi connectivity index (χ0) is 7.11. The molecule has 0 bridgehead atoms. The molecule has 0 rings (SSSR count). The van der Waals surface area contributed by atoms with Gasteiger partial charge in [-0.15, -0.1) is 0 Å². The maximum absolute atomic E-state index is 5.09. The van der Waals surface area contributed by atoms with Gasteiger partial charge in [0, 0.05) is 0 Å². The molecule has 0 N–H and O–H groups in total. The molecule has 0 saturated carbocycles. The van der Waals surface area contributed by atoms with Crippen LogP contribution in [0.15, 0.2) is 0 Å². The highest BCUT2D eigenvalue weighted by Gasteiger charge is 2.04. The fraction of sp³-hybridized carbons (Fsp3) is 1.00. The van der Waals surface area contributed by atoms with Crippen molar-refractivity contribution >= 4 is 19.1 Å². The Kier molecular flexibility index (Phi) is 7.03. The molecular formula is C4H13O3PSi. The molecule has 0 atom stereocenters. The smallest absolute Gasteiger partial charge is 0.320 e. The predicted molar refractivity (Wildman–Crippen MR) is 41.2 cm³/mol. The molecule has 0 aromatic heterocycles. The fourth-order valence-corrected chi connectivity index (χ4v) is 1.69. The van der Waals surface area contributed by atoms with Gasteiger partial charge in [0.2, 0.25) is 0 Å². The average Bonchev–Trinajstić information content (AvgIpc) is 1.88. The van der Waals surface area contributed by atoms with Crippen LogP contribution in [0.4, 0.5) is 0 Å². The number of hydrogen-bond acceptors (Lipinski definition) is 3. The lowest BCUT2D eigenvalue weighted by atomic mass is 10.9. The molecule has 0 heterocycles. The Morgan fingerprint density at radius 3 is 1.89 bits per heavy atom. The minimum atomic E-state index is -0.997. The van der Waals surface area contributed by atoms with Crippen molar-refractivity contribution in [2.75, 3.05) is 13.2 Å². The van der Waals surface area contributed by atoms with Gasteiger partial charge in [-0.2, -0.15) is 0 Å². The summed E-state index contributed by atoms with van der Waals surface area (Å²) in [6.07, 6.45) is 0. The summed E-state index contributed by atoms with van der Waals surface area (Å²) in [5.41, 5.74) is 0. The van der Waals surface area contributed by atoms with E-state index in [1.54, 1.807) is 0 Å². The molecular weight excluding hydrogens is 155 g/mol. The molecule has 0 radical (unpaired) electrons. The van der Waals surface area contributed by atoms with E-state index in [1.165, 1.54) is 0 Å². The zero-order valence-electron chi connectivity index (χ0n) is 6.09. The van der Waals surface area contributed by atoms with Crippen LogP contribution in [0, 0.1) is 0 Å². The summed E-state index contributed by atoms with van der Waals surface area (Å²) in [5, 5.41) is 0. The van der Waals surface area contributed by atoms with Crippen LogP contribution in [0.3, 0.4) is 0 Å². The first kappa shape index (κ1) is 9.53. The van der Waals surface area contributed by atoms with Gasteiger partial charge in [0.05, 0.1) is 13.2 Å². The van der Waals surface area contributed by atoms with Crippen molar-refractivity contribution in [1.29, 1.82) is 0 Å². The first-order valence-corrected chi connectivity index (χ1v) is 4.86. The van der Waals surface area contributed by atoms with Crippen LogP contribution >= 0.6 is 8.60 Å². The van der Waals surface area contributed by atoms with Crippen LogP contribution in [-0.4, -0.2) is 23.7 Å². The van der Waals surface area contributed by atoms with Crippen molar-refractivity contribution < 1.29 is 13.3 Å². The first-order chi connectivity index (χ1) is 4.35. The van der Waals surface area contributed by atoms with Gasteiger partial charge in [-0.05, 0) is 13.8 Å². The summed E-state index contributed by atoms with van der Waals surface area (Å²) in [5.74, 6) is 0. The number of hydrogen-bond donors (Lipinski definition) is 0. The molecule has 5 heteroatoms. The SMILES string of the molecule is CCOP(O[SiH3])OCC. The molecule has 0 aliphatic carbocycles. The third-order valence-electron chi connectivity index (χ3n) is 0.618. The lowest BCUT2D eigenvalue weighted by Crippen LogP contribution is -1.91. The Hall–Kier alpha value is 0.527. The molecule has 0 aliphatic rings. The number of rotatable bonds is 5. The topological polar surface area (TPSA) is 27.7 Å². The zero-order valence-corrected chi connectivity index (χ0v) is 8.98. The van der Waals surface area contributed by atoms with E-state index in [4.69, 9.17) is 13.3 Å². The molecule has 0 aromatic rings. The van der Waals surface area contributed by atoms with Crippen molar-refractivity contribution in [2.45, 2.75) is 13.8 Å². The van der Waals surface area contributed by atoms with Crippen molar-refractivity contribution in [3.8, 4) is 0 Å². The maximum atomic E-state index is 5.09. The summed E-state index contributed by atoms with van der Waals surface area (Å²) in [6.45, 7) is 5.17. The molecule has 0 saturated heterocycles. The van der Waals surface area contributed by atoms with E-state index >= 15 is 0 Å². The van der Waals surface area contributed by atoms with Crippen LogP contribution < -0.4 is 0 Å². The molecule has 56 valence electrons. The minimum Gasteiger partial charge on any atom is -0.366 e. The normalized spacial score (nSPS) is 11.0. The summed E-state index contributed by atoms with van der Waals surface area (Å²) >= 11 is 0. The van der Waals surface area contributed by atoms with Gasteiger partial charge in [-0.25, -0.2) is 0 Å². The summed E-state index contributed by atoms with van der Waals surface area (Å²) in [4.78, 5) is 0. The Bertz CT molecular complexity index is 57.8. The van der Waals surface area contributed by atoms with Crippen molar-refractivity contribution in [3.63, 3.8) is 0 Å². The summed E-state index contributed by atoms with van der Waals surface area (Å²) in [6, 6.07) is 0. The summed E-state index contributed by atoms with van der Waals surface area (Å²) < 4.78 is 15.2. The third kappa shape index (κ3) is 5.00. The van der Waals surface area contributed by atoms with E-state index in [-0.39, 0.29) is 0 Å². The van der Waals surface area contributed by atoms with Crippen molar-refractivity contribution in [1.82, 2.24) is 0 Å². The van der Waals surface area contributed by atoms with E-state index in [9.17, 15) is 0 Å². The predicted octanol–water partition coefficient (Wildman–Crippen LogP) is 0.583. The highest BCUT2D eigenvalue weighted by molar-refractivity contribution is 7.42. The second-order valence-corrected chi connectivity index (χ2v) is 3.67. The van der Waals surface area contributed by atoms with E-state index in [0.717, 1.165) is 0 Å². The van der Waals surface area contributed by atoms with Crippen LogP contribution in [0.25, 0.3) is 0 Å². The van der Waals surface area contributed by atoms with Gasteiger partial charge in [0.1, 0.15) is 0 Å². The van der Waals surface area contributed by atoms with Crippen LogP contribution in [0.2, 0.25) is 0 Å². The van der Waals surface area contributed by atoms with Crippen LogP contribution in [0.1, 0.15) is 13.8 Å². The van der Waals surface area contributed by atoms with E-state index in [2.05, 4.69) is 0 Å². The molecule has 0 unspecified atom stereocenters. The largest absolute Gasteiger partial charge is 0.366 e. The first-order valence-electron chi connectivity index (χ1n) is 2.95. The van der Waals surface area contributed by atoms with Gasteiger partial charge in [0.25, 0.3) is 0 Å². The standard InChI is InChI=1S/C4H13O3PSi/c1-3-5-8(7-9)6-4-2/h3-4H2,1-2,9H3. The molecule has 0 amide bonds. The average molecular weight is 168 g/mol. The summed E-state index contributed by atoms with van der Waals surface area (Å²) in [7, 11) is -0.317. The van der Waals surface area contributed by atoms with Gasteiger partial charge in [0.15, 0.2) is 10.5 Å². The van der Waals surface area contributed by atoms with Crippen molar-refractivity contribution in [2.24, 2.45) is 0 Å². The highest BCUT2D eigenvalue weighted by Crippen LogP contribution is 2.37. The maximum Gasteiger partial charge on any atom is 0.320 e. The fourth-order valence-electron chi connectivity index (χ4n) is 0.353. The monoisotopic (exact) mass is 168 g/mol. The lowest BCUT2D eigenvalue weighted by molar-refractivity contribution is 0.225. The Balaban J connectivity index is 3.18. The molecule has 0 aliphatic heterocycles. The Morgan fingerprint density at radius 1 is 1.22 bits per heavy atom. The van der Waals surface area contributed by atoms with Crippen LogP contribution in [-0.2, 0) is 13.3 Å². The van der Waals surface area contributed by atoms with Gasteiger partial charge >= 0.3 is 8.60 Å². The highest BCUT2D eigenvalue weighted by atomic mass is 31.2. The Labute approximate surface area is 60.2 Å². The van der Waals surface area contributed by atoms with E-state index in [0.29, 0.717) is 23.7 Å². The van der Waals surface area contributed by atoms with Gasteiger partial charge in [-0.1, -0.05) is 0 Å². The third-order valence-corrected chi connectivity index (χ3v) is 2.75. The molecule has 0 fully saturated rings. The second kappa shape index (κ2) is 6.64. The van der Waals surface area contributed by atoms with Crippen molar-refractivity contribution in [3.05, 3.63) is 0 Å². The minimum absolute atomic E-state index is 0.661. The Morgan fingerprint density at radius 2 is 1.67 bits per heavy atom. The van der Waals surface area contributed by atoms with E-state index < -0.39 is 8.60 Å². The molecule has 9 heavy (non-hydrogen) atoms. The molecule has 0 aromatic carbocycles. The van der Waals surface area contributed by atoms with E-state index in [1.807, 2.05) is 13.8 Å². The second-order valence-electron chi connectivity index (χ2n) is 1.24. The van der Waals surface area contributed by atoms with Gasteiger partial charge < -0.3 is 13.3 Å². The molecule has 3 nitrogen and oxygen atoms in total. The molecule has 0 spiro atoms. The van der Waals surface area contributed by atoms with Crippen LogP contribution in [0.5, 0.6) is 0 Å². The lowest BCUT2D eigenvalue weighted by Gasteiger charge is -2.11. The quantitative estimate of drug-likeness (QED) is 0.444. The van der Waals surface area contributed by atoms with Gasteiger partial charge in [-0.3, -0.25) is 0 Å².